The van der Waals surface area contributed by atoms with Gasteiger partial charge in [0.25, 0.3) is 5.91 Å². The number of alkyl halides is 3. The zero-order valence-electron chi connectivity index (χ0n) is 22.8. The summed E-state index contributed by atoms with van der Waals surface area (Å²) in [4.78, 5) is 25.0. The van der Waals surface area contributed by atoms with Gasteiger partial charge in [0.15, 0.2) is 0 Å². The number of nitrogens with one attached hydrogen (secondary N) is 3. The molecule has 0 saturated carbocycles. The molecule has 1 aromatic carbocycles. The Kier molecular flexibility index (Phi) is 8.80. The smallest absolute Gasteiger partial charge is 0.421 e. The van der Waals surface area contributed by atoms with Gasteiger partial charge in [-0.05, 0) is 36.4 Å². The second-order valence-electron chi connectivity index (χ2n) is 9.70. The number of amides is 1. The van der Waals surface area contributed by atoms with E-state index in [9.17, 15) is 18.0 Å². The summed E-state index contributed by atoms with van der Waals surface area (Å²) in [5.74, 6) is -0.446. The second kappa shape index (κ2) is 12.5. The van der Waals surface area contributed by atoms with Crippen molar-refractivity contribution in [2.45, 2.75) is 25.1 Å². The average Bonchev–Trinajstić information content (AvgIpc) is 3.45. The molecule has 2 aromatic heterocycles. The lowest BCUT2D eigenvalue weighted by atomic mass is 10.0. The van der Waals surface area contributed by atoms with Crippen LogP contribution in [0, 0.1) is 0 Å². The molecule has 5 rings (SSSR count). The highest BCUT2D eigenvalue weighted by Gasteiger charge is 2.36. The molecule has 0 aliphatic carbocycles. The minimum atomic E-state index is -4.71. The van der Waals surface area contributed by atoms with E-state index in [0.717, 1.165) is 69.3 Å². The van der Waals surface area contributed by atoms with Crippen molar-refractivity contribution < 1.29 is 27.4 Å². The minimum absolute atomic E-state index is 0.0593. The van der Waals surface area contributed by atoms with Gasteiger partial charge in [0, 0.05) is 57.2 Å². The molecule has 4 heterocycles. The van der Waals surface area contributed by atoms with Crippen molar-refractivity contribution >= 4 is 45.4 Å². The monoisotopic (exact) mass is 591 g/mol. The average molecular weight is 592 g/mol. The van der Waals surface area contributed by atoms with Crippen LogP contribution >= 0.6 is 11.3 Å². The number of halogens is 3. The van der Waals surface area contributed by atoms with Gasteiger partial charge in [-0.25, -0.2) is 4.98 Å². The number of nitrogens with zero attached hydrogens (tertiary/aromatic N) is 4. The molecule has 2 saturated heterocycles. The third-order valence-corrected chi connectivity index (χ3v) is 8.12. The third-order valence-electron chi connectivity index (χ3n) is 7.29. The molecule has 2 aliphatic heterocycles. The van der Waals surface area contributed by atoms with Gasteiger partial charge >= 0.3 is 6.18 Å². The Morgan fingerprint density at radius 1 is 1.12 bits per heavy atom. The Morgan fingerprint density at radius 3 is 2.56 bits per heavy atom. The lowest BCUT2D eigenvalue weighted by molar-refractivity contribution is -0.137. The number of piperidine rings is 1. The topological polar surface area (TPSA) is 104 Å². The van der Waals surface area contributed by atoms with Gasteiger partial charge in [0.05, 0.1) is 31.6 Å². The number of morpholine rings is 1. The first-order valence-electron chi connectivity index (χ1n) is 13.3. The maximum atomic E-state index is 13.8. The fourth-order valence-electron chi connectivity index (χ4n) is 5.10. The van der Waals surface area contributed by atoms with E-state index in [2.05, 4.69) is 35.7 Å². The van der Waals surface area contributed by atoms with Gasteiger partial charge in [-0.2, -0.15) is 18.2 Å². The number of thiophene rings is 1. The molecular weight excluding hydrogens is 559 g/mol. The third kappa shape index (κ3) is 6.66. The standard InChI is InChI=1S/C27H32F3N7O3S/c1-31-24(38)19-7-14-41-25(19)34-23-20(27(28,29)30)16-32-26(35-23)33-21-4-3-18(15-22(21)39-2)36-8-5-17(6-9-36)37-10-12-40-13-11-37/h3-4,7,14-17H,5-6,8-13H2,1-2H3,(H,31,38)(H2,32,33,34,35). The van der Waals surface area contributed by atoms with Crippen molar-refractivity contribution in [2.75, 3.05) is 69.1 Å². The Hall–Kier alpha value is -3.62. The van der Waals surface area contributed by atoms with Crippen LogP contribution in [-0.2, 0) is 10.9 Å². The van der Waals surface area contributed by atoms with E-state index in [0.29, 0.717) is 23.7 Å². The maximum absolute atomic E-state index is 13.8. The van der Waals surface area contributed by atoms with E-state index in [-0.39, 0.29) is 16.5 Å². The molecule has 0 atom stereocenters. The number of rotatable bonds is 8. The van der Waals surface area contributed by atoms with Gasteiger partial charge in [0.2, 0.25) is 5.95 Å². The first-order chi connectivity index (χ1) is 19.8. The zero-order chi connectivity index (χ0) is 29.0. The van der Waals surface area contributed by atoms with Crippen LogP contribution in [0.15, 0.2) is 35.8 Å². The predicted octanol–water partition coefficient (Wildman–Crippen LogP) is 4.71. The van der Waals surface area contributed by atoms with Gasteiger partial charge in [-0.1, -0.05) is 0 Å². The van der Waals surface area contributed by atoms with E-state index in [1.165, 1.54) is 20.2 Å². The van der Waals surface area contributed by atoms with Crippen LogP contribution in [0.4, 0.5) is 41.3 Å². The summed E-state index contributed by atoms with van der Waals surface area (Å²) >= 11 is 1.09. The highest BCUT2D eigenvalue weighted by molar-refractivity contribution is 7.14. The summed E-state index contributed by atoms with van der Waals surface area (Å²) in [5.41, 5.74) is 0.669. The van der Waals surface area contributed by atoms with Crippen molar-refractivity contribution in [3.05, 3.63) is 47.0 Å². The van der Waals surface area contributed by atoms with Crippen molar-refractivity contribution in [1.82, 2.24) is 20.2 Å². The van der Waals surface area contributed by atoms with E-state index in [4.69, 9.17) is 9.47 Å². The molecule has 10 nitrogen and oxygen atoms in total. The largest absolute Gasteiger partial charge is 0.494 e. The summed E-state index contributed by atoms with van der Waals surface area (Å²) < 4.78 is 52.4. The number of ether oxygens (including phenoxy) is 2. The summed E-state index contributed by atoms with van der Waals surface area (Å²) in [6.07, 6.45) is -1.88. The molecule has 3 aromatic rings. The molecular formula is C27H32F3N7O3S. The summed E-state index contributed by atoms with van der Waals surface area (Å²) in [7, 11) is 2.98. The SMILES string of the molecule is CNC(=O)c1ccsc1Nc1nc(Nc2ccc(N3CCC(N4CCOCC4)CC3)cc2OC)ncc1C(F)(F)F. The number of hydrogen-bond acceptors (Lipinski definition) is 10. The molecule has 41 heavy (non-hydrogen) atoms. The first kappa shape index (κ1) is 28.9. The molecule has 3 N–H and O–H groups in total. The van der Waals surface area contributed by atoms with Crippen LogP contribution in [0.2, 0.25) is 0 Å². The highest BCUT2D eigenvalue weighted by Crippen LogP contribution is 2.38. The fraction of sp³-hybridized carbons (Fsp3) is 0.444. The van der Waals surface area contributed by atoms with E-state index >= 15 is 0 Å². The Bertz CT molecular complexity index is 1360. The summed E-state index contributed by atoms with van der Waals surface area (Å²) in [5, 5.41) is 9.98. The summed E-state index contributed by atoms with van der Waals surface area (Å²) in [6.45, 7) is 5.36. The van der Waals surface area contributed by atoms with Gasteiger partial charge < -0.3 is 30.3 Å². The molecule has 1 amide bonds. The van der Waals surface area contributed by atoms with Crippen molar-refractivity contribution in [2.24, 2.45) is 0 Å². The van der Waals surface area contributed by atoms with Crippen LogP contribution in [0.1, 0.15) is 28.8 Å². The molecule has 0 unspecified atom stereocenters. The molecule has 0 spiro atoms. The quantitative estimate of drug-likeness (QED) is 0.344. The fourth-order valence-corrected chi connectivity index (χ4v) is 5.89. The molecule has 0 radical (unpaired) electrons. The number of anilines is 5. The Balaban J connectivity index is 1.33. The number of hydrogen-bond donors (Lipinski definition) is 3. The van der Waals surface area contributed by atoms with Gasteiger partial charge in [-0.3, -0.25) is 9.69 Å². The second-order valence-corrected chi connectivity index (χ2v) is 10.6. The van der Waals surface area contributed by atoms with Crippen LogP contribution < -0.4 is 25.6 Å². The minimum Gasteiger partial charge on any atom is -0.494 e. The zero-order valence-corrected chi connectivity index (χ0v) is 23.6. The van der Waals surface area contributed by atoms with Crippen LogP contribution in [-0.4, -0.2) is 80.4 Å². The van der Waals surface area contributed by atoms with E-state index < -0.39 is 23.5 Å². The van der Waals surface area contributed by atoms with E-state index in [1.807, 2.05) is 12.1 Å². The number of benzene rings is 1. The van der Waals surface area contributed by atoms with Crippen LogP contribution in [0.25, 0.3) is 0 Å². The normalized spacial score (nSPS) is 16.9. The number of carbonyl (C=O) groups excluding carboxylic acids is 1. The van der Waals surface area contributed by atoms with Crippen LogP contribution in [0.3, 0.4) is 0 Å². The molecule has 2 fully saturated rings. The molecule has 2 aliphatic rings. The van der Waals surface area contributed by atoms with E-state index in [1.54, 1.807) is 11.4 Å². The maximum Gasteiger partial charge on any atom is 0.421 e. The number of aromatic nitrogens is 2. The van der Waals surface area contributed by atoms with Crippen LogP contribution in [0.5, 0.6) is 5.75 Å². The number of methoxy groups -OCH3 is 1. The van der Waals surface area contributed by atoms with Gasteiger partial charge in [0.1, 0.15) is 22.1 Å². The lowest BCUT2D eigenvalue weighted by Crippen LogP contribution is -2.49. The Morgan fingerprint density at radius 2 is 1.88 bits per heavy atom. The van der Waals surface area contributed by atoms with Crippen molar-refractivity contribution in [3.63, 3.8) is 0 Å². The first-order valence-corrected chi connectivity index (χ1v) is 14.2. The highest BCUT2D eigenvalue weighted by atomic mass is 32.1. The van der Waals surface area contributed by atoms with Gasteiger partial charge in [-0.15, -0.1) is 11.3 Å². The molecule has 220 valence electrons. The van der Waals surface area contributed by atoms with Crippen molar-refractivity contribution in [1.29, 1.82) is 0 Å². The lowest BCUT2D eigenvalue weighted by Gasteiger charge is -2.40. The molecule has 0 bridgehead atoms. The summed E-state index contributed by atoms with van der Waals surface area (Å²) in [6, 6.07) is 7.74. The number of carbonyl (C=O) groups is 1. The Labute approximate surface area is 239 Å². The van der Waals surface area contributed by atoms with Crippen molar-refractivity contribution in [3.8, 4) is 5.75 Å². The predicted molar refractivity (Wildman–Crippen MR) is 152 cm³/mol. The molecule has 14 heteroatoms.